The zero-order chi connectivity index (χ0) is 18.6. The van der Waals surface area contributed by atoms with Crippen LogP contribution in [0.3, 0.4) is 0 Å². The van der Waals surface area contributed by atoms with Gasteiger partial charge in [-0.1, -0.05) is 5.56 Å². The number of fused-ring (bicyclic) bond motifs is 1. The molecular weight excluding hydrogens is 413 g/mol. The normalized spacial score (nSPS) is 18.1. The number of hydrogen-bond acceptors (Lipinski definition) is 5. The van der Waals surface area contributed by atoms with Crippen LogP contribution in [-0.2, 0) is 65.0 Å². The first kappa shape index (κ1) is 22.2. The molecule has 1 radical (unpaired) electrons. The molecule has 2 aliphatic rings. The van der Waals surface area contributed by atoms with Gasteiger partial charge in [0.05, 0.1) is 6.61 Å². The predicted octanol–water partition coefficient (Wildman–Crippen LogP) is 1.11. The molecular formula is C18H19N2O5Y-. The Morgan fingerprint density at radius 3 is 2.69 bits per heavy atom. The first-order valence-electron chi connectivity index (χ1n) is 7.77. The van der Waals surface area contributed by atoms with Gasteiger partial charge in [-0.25, -0.2) is 0 Å². The van der Waals surface area contributed by atoms with E-state index in [0.29, 0.717) is 24.1 Å². The van der Waals surface area contributed by atoms with Crippen molar-refractivity contribution in [2.24, 2.45) is 0 Å². The molecule has 2 aliphatic heterocycles. The second kappa shape index (κ2) is 9.73. The van der Waals surface area contributed by atoms with Crippen LogP contribution in [0.15, 0.2) is 25.3 Å². The first-order valence-corrected chi connectivity index (χ1v) is 7.77. The van der Waals surface area contributed by atoms with Gasteiger partial charge in [0.2, 0.25) is 17.7 Å². The molecule has 0 aromatic heterocycles. The summed E-state index contributed by atoms with van der Waals surface area (Å²) in [5, 5.41) is 2.26. The van der Waals surface area contributed by atoms with Gasteiger partial charge < -0.3 is 9.64 Å². The Morgan fingerprint density at radius 1 is 1.38 bits per heavy atom. The third kappa shape index (κ3) is 4.86. The van der Waals surface area contributed by atoms with E-state index in [1.807, 2.05) is 0 Å². The zero-order valence-corrected chi connectivity index (χ0v) is 17.4. The number of esters is 1. The molecule has 2 heterocycles. The van der Waals surface area contributed by atoms with Gasteiger partial charge in [0.25, 0.3) is 0 Å². The number of rotatable bonds is 3. The summed E-state index contributed by atoms with van der Waals surface area (Å²) < 4.78 is 4.90. The Bertz CT molecular complexity index is 734. The number of piperidine rings is 1. The Morgan fingerprint density at radius 2 is 2.08 bits per heavy atom. The van der Waals surface area contributed by atoms with Crippen molar-refractivity contribution in [1.29, 1.82) is 0 Å². The summed E-state index contributed by atoms with van der Waals surface area (Å²) in [7, 11) is 0. The van der Waals surface area contributed by atoms with E-state index in [-0.39, 0.29) is 57.6 Å². The molecule has 135 valence electrons. The summed E-state index contributed by atoms with van der Waals surface area (Å²) in [4.78, 5) is 48.0. The molecule has 0 aliphatic carbocycles. The van der Waals surface area contributed by atoms with Crippen LogP contribution in [0.5, 0.6) is 0 Å². The fourth-order valence-corrected chi connectivity index (χ4v) is 2.80. The number of carbonyl (C=O) groups excluding carboxylic acids is 4. The van der Waals surface area contributed by atoms with Crippen molar-refractivity contribution >= 4 is 23.7 Å². The average molecular weight is 432 g/mol. The van der Waals surface area contributed by atoms with E-state index in [1.165, 1.54) is 11.8 Å². The number of benzene rings is 1. The van der Waals surface area contributed by atoms with E-state index >= 15 is 0 Å². The molecule has 1 aromatic rings. The molecule has 26 heavy (non-hydrogen) atoms. The van der Waals surface area contributed by atoms with Gasteiger partial charge in [-0.15, -0.1) is 24.3 Å². The zero-order valence-electron chi connectivity index (χ0n) is 14.5. The molecule has 8 heteroatoms. The summed E-state index contributed by atoms with van der Waals surface area (Å²) in [6.07, 6.45) is 0.550. The number of ether oxygens (including phenoxy) is 1. The molecule has 1 N–H and O–H groups in total. The average Bonchev–Trinajstić information content (AvgIpc) is 2.91. The first-order chi connectivity index (χ1) is 12.0. The maximum absolute atomic E-state index is 12.6. The summed E-state index contributed by atoms with van der Waals surface area (Å²) in [5.41, 5.74) is 1.85. The van der Waals surface area contributed by atoms with Gasteiger partial charge in [-0.3, -0.25) is 24.5 Å². The second-order valence-electron chi connectivity index (χ2n) is 5.58. The maximum Gasteiger partial charge on any atom is 0.302 e. The molecule has 0 spiro atoms. The van der Waals surface area contributed by atoms with Crippen molar-refractivity contribution in [1.82, 2.24) is 10.2 Å². The van der Waals surface area contributed by atoms with Crippen LogP contribution >= 0.6 is 0 Å². The van der Waals surface area contributed by atoms with Crippen LogP contribution in [0.1, 0.15) is 41.3 Å². The van der Waals surface area contributed by atoms with E-state index in [9.17, 15) is 19.2 Å². The standard InChI is InChI=1S/C16H15N2O5.C2H4.Y/c1-9(19)23-8-10-2-3-11-7-18(16(22)12(11)6-10)13-4-5-14(20)17-15(13)21;1-2;/h3,6,13H,4-5,7-8H2,1H3,(H,17,20,21);1-2H2;/q-1;;. The summed E-state index contributed by atoms with van der Waals surface area (Å²) in [6, 6.07) is 5.65. The minimum absolute atomic E-state index is 0. The fraction of sp³-hybridized carbons (Fsp3) is 0.333. The van der Waals surface area contributed by atoms with Crippen LogP contribution in [-0.4, -0.2) is 34.6 Å². The molecule has 3 amide bonds. The van der Waals surface area contributed by atoms with Gasteiger partial charge in [0, 0.05) is 52.6 Å². The van der Waals surface area contributed by atoms with E-state index in [1.54, 1.807) is 12.1 Å². The molecule has 1 unspecified atom stereocenters. The van der Waals surface area contributed by atoms with E-state index in [4.69, 9.17) is 4.74 Å². The van der Waals surface area contributed by atoms with Gasteiger partial charge in [-0.05, 0) is 6.42 Å². The summed E-state index contributed by atoms with van der Waals surface area (Å²) in [6.45, 7) is 7.67. The Hall–Kier alpha value is -1.86. The molecule has 0 saturated carbocycles. The monoisotopic (exact) mass is 432 g/mol. The van der Waals surface area contributed by atoms with Crippen LogP contribution in [0.4, 0.5) is 0 Å². The number of hydrogen-bond donors (Lipinski definition) is 1. The van der Waals surface area contributed by atoms with E-state index < -0.39 is 17.9 Å². The van der Waals surface area contributed by atoms with Crippen LogP contribution in [0.2, 0.25) is 0 Å². The Kier molecular flexibility index (Phi) is 8.31. The van der Waals surface area contributed by atoms with Crippen molar-refractivity contribution in [2.75, 3.05) is 0 Å². The van der Waals surface area contributed by atoms with Gasteiger partial charge >= 0.3 is 5.97 Å². The minimum Gasteiger partial charge on any atom is -0.463 e. The molecule has 0 bridgehead atoms. The Labute approximate surface area is 177 Å². The van der Waals surface area contributed by atoms with Crippen LogP contribution in [0.25, 0.3) is 0 Å². The molecule has 3 rings (SSSR count). The number of amides is 3. The van der Waals surface area contributed by atoms with E-state index in [0.717, 1.165) is 5.56 Å². The van der Waals surface area contributed by atoms with Gasteiger partial charge in [-0.2, -0.15) is 18.2 Å². The van der Waals surface area contributed by atoms with Crippen molar-refractivity contribution < 1.29 is 56.6 Å². The van der Waals surface area contributed by atoms with Crippen molar-refractivity contribution in [3.63, 3.8) is 0 Å². The quantitative estimate of drug-likeness (QED) is 0.335. The third-order valence-corrected chi connectivity index (χ3v) is 3.95. The largest absolute Gasteiger partial charge is 0.463 e. The third-order valence-electron chi connectivity index (χ3n) is 3.95. The van der Waals surface area contributed by atoms with Crippen LogP contribution < -0.4 is 5.32 Å². The van der Waals surface area contributed by atoms with Crippen molar-refractivity contribution in [3.8, 4) is 0 Å². The molecule has 1 saturated heterocycles. The summed E-state index contributed by atoms with van der Waals surface area (Å²) >= 11 is 0. The topological polar surface area (TPSA) is 92.8 Å². The number of nitrogens with zero attached hydrogens (tertiary/aromatic N) is 1. The number of carbonyl (C=O) groups is 4. The smallest absolute Gasteiger partial charge is 0.302 e. The number of imide groups is 1. The fourth-order valence-electron chi connectivity index (χ4n) is 2.80. The van der Waals surface area contributed by atoms with Crippen molar-refractivity contribution in [3.05, 3.63) is 48.0 Å². The van der Waals surface area contributed by atoms with Crippen molar-refractivity contribution in [2.45, 2.75) is 39.0 Å². The van der Waals surface area contributed by atoms with Gasteiger partial charge in [0.1, 0.15) is 6.04 Å². The SMILES string of the molecule is C=C.CC(=O)OCc1[c-]cc2c(c1)C(=O)N(C1CCC(=O)NC1=O)C2.[Y]. The second-order valence-corrected chi connectivity index (χ2v) is 5.58. The van der Waals surface area contributed by atoms with Gasteiger partial charge in [0.15, 0.2) is 0 Å². The van der Waals surface area contributed by atoms with E-state index in [2.05, 4.69) is 24.5 Å². The molecule has 1 aromatic carbocycles. The number of nitrogens with one attached hydrogen (secondary N) is 1. The molecule has 1 atom stereocenters. The Balaban J connectivity index is 0.00000109. The van der Waals surface area contributed by atoms with Crippen LogP contribution in [0, 0.1) is 6.07 Å². The summed E-state index contributed by atoms with van der Waals surface area (Å²) in [5.74, 6) is -1.41. The minimum atomic E-state index is -0.635. The molecule has 7 nitrogen and oxygen atoms in total. The predicted molar refractivity (Wildman–Crippen MR) is 88.0 cm³/mol. The maximum atomic E-state index is 12.6. The molecule has 1 fully saturated rings.